The second-order valence-corrected chi connectivity index (χ2v) is 5.38. The Bertz CT molecular complexity index is 455. The van der Waals surface area contributed by atoms with Gasteiger partial charge < -0.3 is 15.4 Å². The molecule has 1 saturated heterocycles. The van der Waals surface area contributed by atoms with Gasteiger partial charge in [-0.2, -0.15) is 5.10 Å². The summed E-state index contributed by atoms with van der Waals surface area (Å²) in [5, 5.41) is 10.6. The summed E-state index contributed by atoms with van der Waals surface area (Å²) in [5.41, 5.74) is 0.946. The highest BCUT2D eigenvalue weighted by Gasteiger charge is 2.25. The van der Waals surface area contributed by atoms with Crippen molar-refractivity contribution in [3.05, 3.63) is 12.4 Å². The number of hydrogen-bond donors (Lipinski definition) is 2. The molecule has 3 rings (SSSR count). The van der Waals surface area contributed by atoms with Gasteiger partial charge in [0.05, 0.1) is 24.0 Å². The van der Waals surface area contributed by atoms with Gasteiger partial charge in [-0.05, 0) is 26.2 Å². The number of anilines is 1. The first-order valence-electron chi connectivity index (χ1n) is 6.90. The minimum Gasteiger partial charge on any atom is -0.377 e. The average Bonchev–Trinajstić information content (AvgIpc) is 2.92. The normalized spacial score (nSPS) is 26.4. The largest absolute Gasteiger partial charge is 0.377 e. The Morgan fingerprint density at radius 1 is 1.53 bits per heavy atom. The number of amides is 1. The fourth-order valence-electron chi connectivity index (χ4n) is 2.31. The molecule has 104 valence electrons. The fraction of sp³-hybridized carbons (Fsp3) is 0.692. The Morgan fingerprint density at radius 3 is 3.05 bits per heavy atom. The predicted molar refractivity (Wildman–Crippen MR) is 70.8 cm³/mol. The molecule has 2 fully saturated rings. The zero-order valence-electron chi connectivity index (χ0n) is 11.1. The first-order chi connectivity index (χ1) is 9.20. The van der Waals surface area contributed by atoms with Gasteiger partial charge in [-0.15, -0.1) is 0 Å². The summed E-state index contributed by atoms with van der Waals surface area (Å²) in [6.07, 6.45) is 7.08. The van der Waals surface area contributed by atoms with E-state index in [4.69, 9.17) is 4.74 Å². The number of nitrogens with zero attached hydrogens (tertiary/aromatic N) is 2. The van der Waals surface area contributed by atoms with Crippen LogP contribution in [-0.4, -0.2) is 40.5 Å². The molecule has 19 heavy (non-hydrogen) atoms. The molecule has 1 amide bonds. The van der Waals surface area contributed by atoms with Crippen LogP contribution in [0.25, 0.3) is 0 Å². The summed E-state index contributed by atoms with van der Waals surface area (Å²) in [5.74, 6) is 0.0368. The second kappa shape index (κ2) is 5.21. The van der Waals surface area contributed by atoms with Crippen LogP contribution in [0.5, 0.6) is 0 Å². The van der Waals surface area contributed by atoms with E-state index in [1.807, 2.05) is 6.20 Å². The molecule has 2 aliphatic rings. The summed E-state index contributed by atoms with van der Waals surface area (Å²) < 4.78 is 7.17. The maximum absolute atomic E-state index is 11.7. The molecule has 2 atom stereocenters. The highest BCUT2D eigenvalue weighted by atomic mass is 16.5. The lowest BCUT2D eigenvalue weighted by Gasteiger charge is -2.15. The van der Waals surface area contributed by atoms with Gasteiger partial charge in [-0.1, -0.05) is 0 Å². The summed E-state index contributed by atoms with van der Waals surface area (Å²) in [6, 6.07) is 0.732. The zero-order chi connectivity index (χ0) is 13.2. The lowest BCUT2D eigenvalue weighted by molar-refractivity contribution is -0.122. The van der Waals surface area contributed by atoms with Crippen molar-refractivity contribution in [3.8, 4) is 0 Å². The second-order valence-electron chi connectivity index (χ2n) is 5.38. The number of carbonyl (C=O) groups is 1. The topological polar surface area (TPSA) is 68.2 Å². The van der Waals surface area contributed by atoms with Crippen LogP contribution in [0.4, 0.5) is 5.69 Å². The van der Waals surface area contributed by atoms with E-state index in [-0.39, 0.29) is 18.6 Å². The molecule has 1 aliphatic carbocycles. The van der Waals surface area contributed by atoms with E-state index in [1.54, 1.807) is 10.9 Å². The predicted octanol–water partition coefficient (Wildman–Crippen LogP) is 0.751. The van der Waals surface area contributed by atoms with Crippen LogP contribution in [0, 0.1) is 0 Å². The molecule has 0 spiro atoms. The number of hydrogen-bond acceptors (Lipinski definition) is 4. The van der Waals surface area contributed by atoms with Crippen LogP contribution in [0.15, 0.2) is 12.4 Å². The number of nitrogens with one attached hydrogen (secondary N) is 2. The maximum Gasteiger partial charge on any atom is 0.241 e. The third-order valence-electron chi connectivity index (χ3n) is 3.61. The van der Waals surface area contributed by atoms with E-state index in [0.717, 1.165) is 31.6 Å². The molecule has 6 heteroatoms. The smallest absolute Gasteiger partial charge is 0.241 e. The van der Waals surface area contributed by atoms with Crippen LogP contribution >= 0.6 is 0 Å². The van der Waals surface area contributed by atoms with Crippen LogP contribution in [0.2, 0.25) is 0 Å². The molecule has 1 aromatic rings. The van der Waals surface area contributed by atoms with Crippen molar-refractivity contribution in [2.75, 3.05) is 11.9 Å². The van der Waals surface area contributed by atoms with Crippen molar-refractivity contribution in [1.82, 2.24) is 15.1 Å². The van der Waals surface area contributed by atoms with Crippen molar-refractivity contribution in [1.29, 1.82) is 0 Å². The number of aromatic nitrogens is 2. The summed E-state index contributed by atoms with van der Waals surface area (Å²) in [4.78, 5) is 11.7. The number of ether oxygens (including phenoxy) is 1. The van der Waals surface area contributed by atoms with Crippen molar-refractivity contribution in [2.45, 2.75) is 50.9 Å². The minimum absolute atomic E-state index is 0.0368. The molecule has 6 nitrogen and oxygen atoms in total. The number of carbonyl (C=O) groups excluding carboxylic acids is 1. The van der Waals surface area contributed by atoms with E-state index in [2.05, 4.69) is 22.7 Å². The van der Waals surface area contributed by atoms with Crippen molar-refractivity contribution < 1.29 is 9.53 Å². The summed E-state index contributed by atoms with van der Waals surface area (Å²) >= 11 is 0. The molecule has 1 aliphatic heterocycles. The van der Waals surface area contributed by atoms with E-state index < -0.39 is 0 Å². The van der Waals surface area contributed by atoms with Crippen molar-refractivity contribution in [3.63, 3.8) is 0 Å². The maximum atomic E-state index is 11.7. The van der Waals surface area contributed by atoms with Crippen LogP contribution in [0.1, 0.15) is 26.2 Å². The van der Waals surface area contributed by atoms with Gasteiger partial charge in [0.25, 0.3) is 0 Å². The first kappa shape index (κ1) is 12.5. The van der Waals surface area contributed by atoms with Gasteiger partial charge in [-0.3, -0.25) is 9.48 Å². The highest BCUT2D eigenvalue weighted by Crippen LogP contribution is 2.19. The van der Waals surface area contributed by atoms with Gasteiger partial charge in [0.15, 0.2) is 0 Å². The molecular formula is C13H20N4O2. The average molecular weight is 264 g/mol. The fourth-order valence-corrected chi connectivity index (χ4v) is 2.31. The van der Waals surface area contributed by atoms with Gasteiger partial charge in [-0.25, -0.2) is 0 Å². The lowest BCUT2D eigenvalue weighted by atomic mass is 10.1. The van der Waals surface area contributed by atoms with Gasteiger partial charge >= 0.3 is 0 Å². The molecule has 2 heterocycles. The summed E-state index contributed by atoms with van der Waals surface area (Å²) in [6.45, 7) is 3.16. The first-order valence-corrected chi connectivity index (χ1v) is 6.90. The molecule has 0 bridgehead atoms. The molecule has 0 radical (unpaired) electrons. The van der Waals surface area contributed by atoms with Gasteiger partial charge in [0, 0.05) is 18.8 Å². The van der Waals surface area contributed by atoms with Crippen LogP contribution in [-0.2, 0) is 16.1 Å². The Morgan fingerprint density at radius 2 is 2.37 bits per heavy atom. The van der Waals surface area contributed by atoms with E-state index in [0.29, 0.717) is 12.1 Å². The van der Waals surface area contributed by atoms with Crippen LogP contribution in [0.3, 0.4) is 0 Å². The van der Waals surface area contributed by atoms with E-state index in [1.165, 1.54) is 0 Å². The van der Waals surface area contributed by atoms with Gasteiger partial charge in [0.2, 0.25) is 5.91 Å². The summed E-state index contributed by atoms with van der Waals surface area (Å²) in [7, 11) is 0. The standard InChI is InChI=1S/C13H20N4O2/c1-9-12(4-5-19-9)15-11-6-14-17(7-11)8-13(18)16-10-2-3-10/h6-7,9-10,12,15H,2-5,8H2,1H3,(H,16,18). The molecule has 1 aromatic heterocycles. The Balaban J connectivity index is 1.52. The monoisotopic (exact) mass is 264 g/mol. The van der Waals surface area contributed by atoms with E-state index >= 15 is 0 Å². The third-order valence-corrected chi connectivity index (χ3v) is 3.61. The molecular weight excluding hydrogens is 244 g/mol. The lowest BCUT2D eigenvalue weighted by Crippen LogP contribution is -2.29. The Hall–Kier alpha value is -1.56. The highest BCUT2D eigenvalue weighted by molar-refractivity contribution is 5.76. The molecule has 1 saturated carbocycles. The Labute approximate surface area is 112 Å². The minimum atomic E-state index is 0.0368. The van der Waals surface area contributed by atoms with E-state index in [9.17, 15) is 4.79 Å². The number of rotatable bonds is 5. The Kier molecular flexibility index (Phi) is 3.42. The van der Waals surface area contributed by atoms with Gasteiger partial charge in [0.1, 0.15) is 6.54 Å². The SMILES string of the molecule is CC1OCCC1Nc1cnn(CC(=O)NC2CC2)c1. The van der Waals surface area contributed by atoms with Crippen LogP contribution < -0.4 is 10.6 Å². The van der Waals surface area contributed by atoms with Crippen molar-refractivity contribution in [2.24, 2.45) is 0 Å². The molecule has 2 unspecified atom stereocenters. The molecule has 0 aromatic carbocycles. The third kappa shape index (κ3) is 3.26. The van der Waals surface area contributed by atoms with Crippen molar-refractivity contribution >= 4 is 11.6 Å². The molecule has 2 N–H and O–H groups in total. The quantitative estimate of drug-likeness (QED) is 0.823. The zero-order valence-corrected chi connectivity index (χ0v) is 11.1.